The average molecular weight is 288 g/mol. The van der Waals surface area contributed by atoms with Crippen molar-refractivity contribution in [3.63, 3.8) is 0 Å². The fourth-order valence-electron chi connectivity index (χ4n) is 3.08. The van der Waals surface area contributed by atoms with Gasteiger partial charge in [0.15, 0.2) is 0 Å². The van der Waals surface area contributed by atoms with E-state index in [2.05, 4.69) is 69.1 Å². The van der Waals surface area contributed by atoms with Crippen LogP contribution in [0.4, 0.5) is 5.69 Å². The smallest absolute Gasteiger partial charge is 0.0342 e. The predicted molar refractivity (Wildman–Crippen MR) is 93.1 cm³/mol. The molecule has 1 aromatic carbocycles. The van der Waals surface area contributed by atoms with Gasteiger partial charge in [-0.25, -0.2) is 0 Å². The molecule has 0 atom stereocenters. The summed E-state index contributed by atoms with van der Waals surface area (Å²) in [6, 6.07) is 9.63. The van der Waals surface area contributed by atoms with Gasteiger partial charge in [-0.3, -0.25) is 0 Å². The zero-order chi connectivity index (χ0) is 15.5. The number of rotatable bonds is 4. The van der Waals surface area contributed by atoms with E-state index in [-0.39, 0.29) is 5.41 Å². The molecule has 1 N–H and O–H groups in total. The second-order valence-corrected chi connectivity index (χ2v) is 7.94. The molecule has 2 heteroatoms. The van der Waals surface area contributed by atoms with Crippen molar-refractivity contribution in [1.82, 2.24) is 4.90 Å². The van der Waals surface area contributed by atoms with Gasteiger partial charge in [0.25, 0.3) is 0 Å². The third kappa shape index (κ3) is 5.03. The van der Waals surface area contributed by atoms with Gasteiger partial charge in [-0.1, -0.05) is 46.8 Å². The summed E-state index contributed by atoms with van der Waals surface area (Å²) in [7, 11) is 0. The number of likely N-dealkylation sites (tertiary alicyclic amines) is 1. The van der Waals surface area contributed by atoms with E-state index >= 15 is 0 Å². The molecule has 1 fully saturated rings. The Hall–Kier alpha value is -1.02. The topological polar surface area (TPSA) is 15.3 Å². The highest BCUT2D eigenvalue weighted by atomic mass is 15.1. The van der Waals surface area contributed by atoms with E-state index in [1.807, 2.05) is 0 Å². The summed E-state index contributed by atoms with van der Waals surface area (Å²) in [5.41, 5.74) is 2.91. The first kappa shape index (κ1) is 16.4. The zero-order valence-corrected chi connectivity index (χ0v) is 14.4. The first-order chi connectivity index (χ1) is 9.84. The number of hydrogen-bond acceptors (Lipinski definition) is 2. The Balaban J connectivity index is 1.83. The van der Waals surface area contributed by atoms with Crippen LogP contribution in [0, 0.1) is 5.92 Å². The molecule has 1 aliphatic rings. The molecule has 0 aromatic heterocycles. The maximum Gasteiger partial charge on any atom is 0.0342 e. The Kier molecular flexibility index (Phi) is 5.32. The SMILES string of the molecule is CC(C)CN1CCC(Nc2ccc(C(C)(C)C)cc2)CC1. The molecular weight excluding hydrogens is 256 g/mol. The molecule has 0 unspecified atom stereocenters. The Labute approximate surface area is 130 Å². The van der Waals surface area contributed by atoms with Crippen LogP contribution in [0.2, 0.25) is 0 Å². The number of nitrogens with zero attached hydrogens (tertiary/aromatic N) is 1. The third-order valence-electron chi connectivity index (χ3n) is 4.33. The van der Waals surface area contributed by atoms with E-state index in [0.717, 1.165) is 5.92 Å². The molecule has 1 aromatic rings. The van der Waals surface area contributed by atoms with Gasteiger partial charge in [0, 0.05) is 31.4 Å². The van der Waals surface area contributed by atoms with Crippen LogP contribution in [0.1, 0.15) is 53.0 Å². The lowest BCUT2D eigenvalue weighted by atomic mass is 9.87. The van der Waals surface area contributed by atoms with E-state index in [0.29, 0.717) is 6.04 Å². The first-order valence-electron chi connectivity index (χ1n) is 8.44. The van der Waals surface area contributed by atoms with E-state index in [1.165, 1.54) is 43.7 Å². The molecule has 0 amide bonds. The summed E-state index contributed by atoms with van der Waals surface area (Å²) >= 11 is 0. The van der Waals surface area contributed by atoms with Crippen molar-refractivity contribution in [1.29, 1.82) is 0 Å². The van der Waals surface area contributed by atoms with Gasteiger partial charge in [0.2, 0.25) is 0 Å². The van der Waals surface area contributed by atoms with Crippen molar-refractivity contribution in [3.05, 3.63) is 29.8 Å². The Bertz CT molecular complexity index is 420. The fraction of sp³-hybridized carbons (Fsp3) is 0.684. The van der Waals surface area contributed by atoms with Crippen LogP contribution < -0.4 is 5.32 Å². The minimum absolute atomic E-state index is 0.237. The molecule has 0 spiro atoms. The molecule has 1 heterocycles. The predicted octanol–water partition coefficient (Wildman–Crippen LogP) is 4.52. The highest BCUT2D eigenvalue weighted by Gasteiger charge is 2.19. The molecule has 0 radical (unpaired) electrons. The highest BCUT2D eigenvalue weighted by molar-refractivity contribution is 5.46. The van der Waals surface area contributed by atoms with Crippen LogP contribution in [-0.4, -0.2) is 30.6 Å². The monoisotopic (exact) mass is 288 g/mol. The molecule has 2 nitrogen and oxygen atoms in total. The van der Waals surface area contributed by atoms with Crippen molar-refractivity contribution >= 4 is 5.69 Å². The molecule has 118 valence electrons. The van der Waals surface area contributed by atoms with E-state index in [1.54, 1.807) is 0 Å². The van der Waals surface area contributed by atoms with Gasteiger partial charge < -0.3 is 10.2 Å². The zero-order valence-electron chi connectivity index (χ0n) is 14.4. The minimum atomic E-state index is 0.237. The van der Waals surface area contributed by atoms with Gasteiger partial charge in [0.1, 0.15) is 0 Å². The number of benzene rings is 1. The summed E-state index contributed by atoms with van der Waals surface area (Å²) in [6.45, 7) is 15.1. The van der Waals surface area contributed by atoms with Crippen LogP contribution in [0.25, 0.3) is 0 Å². The van der Waals surface area contributed by atoms with Crippen LogP contribution in [0.15, 0.2) is 24.3 Å². The Morgan fingerprint density at radius 2 is 1.67 bits per heavy atom. The van der Waals surface area contributed by atoms with Crippen molar-refractivity contribution < 1.29 is 0 Å². The lowest BCUT2D eigenvalue weighted by Gasteiger charge is -2.33. The molecular formula is C19H32N2. The second kappa shape index (κ2) is 6.83. The average Bonchev–Trinajstić information content (AvgIpc) is 2.40. The standard InChI is InChI=1S/C19H32N2/c1-15(2)14-21-12-10-18(11-13-21)20-17-8-6-16(7-9-17)19(3,4)5/h6-9,15,18,20H,10-14H2,1-5H3. The number of anilines is 1. The van der Waals surface area contributed by atoms with Crippen molar-refractivity contribution in [2.75, 3.05) is 25.0 Å². The summed E-state index contributed by atoms with van der Waals surface area (Å²) in [4.78, 5) is 2.60. The Morgan fingerprint density at radius 1 is 1.10 bits per heavy atom. The normalized spacial score (nSPS) is 18.2. The van der Waals surface area contributed by atoms with Crippen molar-refractivity contribution in [2.24, 2.45) is 5.92 Å². The van der Waals surface area contributed by atoms with E-state index < -0.39 is 0 Å². The molecule has 2 rings (SSSR count). The van der Waals surface area contributed by atoms with E-state index in [9.17, 15) is 0 Å². The van der Waals surface area contributed by atoms with Crippen LogP contribution >= 0.6 is 0 Å². The number of nitrogens with one attached hydrogen (secondary N) is 1. The molecule has 1 saturated heterocycles. The van der Waals surface area contributed by atoms with Gasteiger partial charge in [-0.15, -0.1) is 0 Å². The summed E-state index contributed by atoms with van der Waals surface area (Å²) in [6.07, 6.45) is 2.52. The van der Waals surface area contributed by atoms with Gasteiger partial charge in [0.05, 0.1) is 0 Å². The van der Waals surface area contributed by atoms with Gasteiger partial charge in [-0.2, -0.15) is 0 Å². The van der Waals surface area contributed by atoms with Crippen LogP contribution in [0.5, 0.6) is 0 Å². The second-order valence-electron chi connectivity index (χ2n) is 7.94. The molecule has 0 bridgehead atoms. The summed E-state index contributed by atoms with van der Waals surface area (Å²) in [5.74, 6) is 0.777. The summed E-state index contributed by atoms with van der Waals surface area (Å²) < 4.78 is 0. The van der Waals surface area contributed by atoms with Crippen LogP contribution in [0.3, 0.4) is 0 Å². The minimum Gasteiger partial charge on any atom is -0.382 e. The van der Waals surface area contributed by atoms with Gasteiger partial charge >= 0.3 is 0 Å². The van der Waals surface area contributed by atoms with Crippen molar-refractivity contribution in [3.8, 4) is 0 Å². The van der Waals surface area contributed by atoms with Crippen molar-refractivity contribution in [2.45, 2.75) is 58.9 Å². The molecule has 0 aliphatic carbocycles. The maximum absolute atomic E-state index is 3.71. The lowest BCUT2D eigenvalue weighted by molar-refractivity contribution is 0.198. The van der Waals surface area contributed by atoms with Gasteiger partial charge in [-0.05, 0) is 41.9 Å². The molecule has 21 heavy (non-hydrogen) atoms. The molecule has 1 aliphatic heterocycles. The lowest BCUT2D eigenvalue weighted by Crippen LogP contribution is -2.40. The highest BCUT2D eigenvalue weighted by Crippen LogP contribution is 2.24. The molecule has 0 saturated carbocycles. The van der Waals surface area contributed by atoms with Crippen LogP contribution in [-0.2, 0) is 5.41 Å². The first-order valence-corrected chi connectivity index (χ1v) is 8.44. The Morgan fingerprint density at radius 3 is 2.14 bits per heavy atom. The fourth-order valence-corrected chi connectivity index (χ4v) is 3.08. The third-order valence-corrected chi connectivity index (χ3v) is 4.33. The summed E-state index contributed by atoms with van der Waals surface area (Å²) in [5, 5.41) is 3.71. The number of hydrogen-bond donors (Lipinski definition) is 1. The quantitative estimate of drug-likeness (QED) is 0.876. The van der Waals surface area contributed by atoms with E-state index in [4.69, 9.17) is 0 Å². The largest absolute Gasteiger partial charge is 0.382 e. The maximum atomic E-state index is 3.71. The number of piperidine rings is 1.